The predicted octanol–water partition coefficient (Wildman–Crippen LogP) is 7.51. The number of methoxy groups -OCH3 is 1. The van der Waals surface area contributed by atoms with Crippen LogP contribution in [0.1, 0.15) is 22.3 Å². The molecule has 0 saturated carbocycles. The molecule has 0 aliphatic heterocycles. The summed E-state index contributed by atoms with van der Waals surface area (Å²) in [5.74, 6) is 0.398. The first kappa shape index (κ1) is 25.6. The van der Waals surface area contributed by atoms with Gasteiger partial charge in [-0.1, -0.05) is 47.5 Å². The summed E-state index contributed by atoms with van der Waals surface area (Å²) in [5.41, 5.74) is 3.83. The maximum absolute atomic E-state index is 12.8. The fourth-order valence-electron chi connectivity index (χ4n) is 3.26. The standard InChI is InChI=1S/C26H21BrCl2N2O3/c1-15-5-4-6-16(2)24(15)31-26(32)19(13-30)9-17-10-21(27)25(23(11-17)33-3)34-14-18-7-8-20(28)12-22(18)29/h4-12H,14H2,1-3H3,(H,31,32)/b19-9-. The zero-order valence-electron chi connectivity index (χ0n) is 18.7. The number of para-hydroxylation sites is 1. The van der Waals surface area contributed by atoms with E-state index in [9.17, 15) is 10.1 Å². The molecule has 3 aromatic carbocycles. The smallest absolute Gasteiger partial charge is 0.266 e. The first-order valence-corrected chi connectivity index (χ1v) is 11.7. The second kappa shape index (κ2) is 11.4. The molecule has 0 bridgehead atoms. The number of carbonyl (C=O) groups excluding carboxylic acids is 1. The second-order valence-corrected chi connectivity index (χ2v) is 9.15. The molecule has 0 aliphatic carbocycles. The monoisotopic (exact) mass is 558 g/mol. The van der Waals surface area contributed by atoms with E-state index in [1.807, 2.05) is 38.1 Å². The Kier molecular flexibility index (Phi) is 8.62. The number of hydrogen-bond donors (Lipinski definition) is 1. The van der Waals surface area contributed by atoms with Crippen molar-refractivity contribution in [1.82, 2.24) is 0 Å². The molecular formula is C26H21BrCl2N2O3. The predicted molar refractivity (Wildman–Crippen MR) is 140 cm³/mol. The lowest BCUT2D eigenvalue weighted by molar-refractivity contribution is -0.112. The van der Waals surface area contributed by atoms with Crippen molar-refractivity contribution in [1.29, 1.82) is 5.26 Å². The van der Waals surface area contributed by atoms with E-state index in [-0.39, 0.29) is 12.2 Å². The molecule has 0 heterocycles. The molecule has 0 aromatic heterocycles. The average molecular weight is 560 g/mol. The van der Waals surface area contributed by atoms with Crippen LogP contribution in [0.15, 0.2) is 58.6 Å². The van der Waals surface area contributed by atoms with Crippen molar-refractivity contribution in [3.8, 4) is 17.6 Å². The topological polar surface area (TPSA) is 71.3 Å². The number of nitrogens with one attached hydrogen (secondary N) is 1. The van der Waals surface area contributed by atoms with Crippen molar-refractivity contribution in [3.63, 3.8) is 0 Å². The Morgan fingerprint density at radius 2 is 1.85 bits per heavy atom. The van der Waals surface area contributed by atoms with Crippen LogP contribution >= 0.6 is 39.1 Å². The Labute approximate surface area is 217 Å². The third-order valence-electron chi connectivity index (χ3n) is 5.03. The van der Waals surface area contributed by atoms with Gasteiger partial charge >= 0.3 is 0 Å². The van der Waals surface area contributed by atoms with Crippen LogP contribution in [0.4, 0.5) is 5.69 Å². The van der Waals surface area contributed by atoms with Gasteiger partial charge in [0.25, 0.3) is 5.91 Å². The van der Waals surface area contributed by atoms with Crippen molar-refractivity contribution in [2.45, 2.75) is 20.5 Å². The van der Waals surface area contributed by atoms with Crippen LogP contribution < -0.4 is 14.8 Å². The Morgan fingerprint density at radius 1 is 1.15 bits per heavy atom. The van der Waals surface area contributed by atoms with Gasteiger partial charge in [-0.3, -0.25) is 4.79 Å². The summed E-state index contributed by atoms with van der Waals surface area (Å²) in [7, 11) is 1.51. The number of nitrogens with zero attached hydrogens (tertiary/aromatic N) is 1. The van der Waals surface area contributed by atoms with E-state index in [2.05, 4.69) is 21.2 Å². The van der Waals surface area contributed by atoms with E-state index < -0.39 is 5.91 Å². The van der Waals surface area contributed by atoms with Crippen LogP contribution in [-0.4, -0.2) is 13.0 Å². The molecular weight excluding hydrogens is 539 g/mol. The lowest BCUT2D eigenvalue weighted by Crippen LogP contribution is -2.15. The zero-order valence-corrected chi connectivity index (χ0v) is 21.8. The molecule has 1 N–H and O–H groups in total. The highest BCUT2D eigenvalue weighted by molar-refractivity contribution is 9.10. The SMILES string of the molecule is COc1cc(/C=C(/C#N)C(=O)Nc2c(C)cccc2C)cc(Br)c1OCc1ccc(Cl)cc1Cl. The van der Waals surface area contributed by atoms with E-state index >= 15 is 0 Å². The number of nitriles is 1. The van der Waals surface area contributed by atoms with E-state index in [1.165, 1.54) is 13.2 Å². The molecule has 8 heteroatoms. The number of anilines is 1. The Hall–Kier alpha value is -2.98. The van der Waals surface area contributed by atoms with Crippen molar-refractivity contribution in [3.05, 3.63) is 90.9 Å². The number of amides is 1. The van der Waals surface area contributed by atoms with E-state index in [4.69, 9.17) is 32.7 Å². The summed E-state index contributed by atoms with van der Waals surface area (Å²) in [4.78, 5) is 12.8. The van der Waals surface area contributed by atoms with Crippen molar-refractivity contribution < 1.29 is 14.3 Å². The highest BCUT2D eigenvalue weighted by atomic mass is 79.9. The maximum atomic E-state index is 12.8. The first-order chi connectivity index (χ1) is 16.2. The molecule has 0 fully saturated rings. The van der Waals surface area contributed by atoms with Gasteiger partial charge in [-0.2, -0.15) is 5.26 Å². The van der Waals surface area contributed by atoms with Gasteiger partial charge in [-0.15, -0.1) is 0 Å². The molecule has 3 aromatic rings. The number of carbonyl (C=O) groups is 1. The van der Waals surface area contributed by atoms with E-state index in [1.54, 1.807) is 30.3 Å². The summed E-state index contributed by atoms with van der Waals surface area (Å²) in [6, 6.07) is 16.3. The zero-order chi connectivity index (χ0) is 24.8. The molecule has 34 heavy (non-hydrogen) atoms. The van der Waals surface area contributed by atoms with Gasteiger partial charge in [0.2, 0.25) is 0 Å². The summed E-state index contributed by atoms with van der Waals surface area (Å²) in [6.07, 6.45) is 1.50. The van der Waals surface area contributed by atoms with E-state index in [0.29, 0.717) is 37.3 Å². The number of aryl methyl sites for hydroxylation is 2. The average Bonchev–Trinajstić information content (AvgIpc) is 2.79. The Bertz CT molecular complexity index is 1300. The fraction of sp³-hybridized carbons (Fsp3) is 0.154. The van der Waals surface area contributed by atoms with Crippen LogP contribution in [0.2, 0.25) is 10.0 Å². The molecule has 0 spiro atoms. The molecule has 1 amide bonds. The molecule has 0 atom stereocenters. The van der Waals surface area contributed by atoms with Gasteiger partial charge in [-0.05, 0) is 76.8 Å². The van der Waals surface area contributed by atoms with Crippen LogP contribution in [0.5, 0.6) is 11.5 Å². The minimum Gasteiger partial charge on any atom is -0.493 e. The Morgan fingerprint density at radius 3 is 2.47 bits per heavy atom. The van der Waals surface area contributed by atoms with Crippen molar-refractivity contribution in [2.75, 3.05) is 12.4 Å². The van der Waals surface area contributed by atoms with Crippen LogP contribution in [0.25, 0.3) is 6.08 Å². The molecule has 3 rings (SSSR count). The van der Waals surface area contributed by atoms with Crippen molar-refractivity contribution >= 4 is 56.8 Å². The van der Waals surface area contributed by atoms with Gasteiger partial charge in [0.1, 0.15) is 18.2 Å². The number of halogens is 3. The van der Waals surface area contributed by atoms with Gasteiger partial charge in [0, 0.05) is 21.3 Å². The van der Waals surface area contributed by atoms with Gasteiger partial charge in [0.15, 0.2) is 11.5 Å². The Balaban J connectivity index is 1.85. The summed E-state index contributed by atoms with van der Waals surface area (Å²) < 4.78 is 12.0. The minimum absolute atomic E-state index is 0.0433. The minimum atomic E-state index is -0.493. The highest BCUT2D eigenvalue weighted by Crippen LogP contribution is 2.38. The molecule has 0 radical (unpaired) electrons. The number of ether oxygens (including phenoxy) is 2. The number of rotatable bonds is 7. The fourth-order valence-corrected chi connectivity index (χ4v) is 4.30. The lowest BCUT2D eigenvalue weighted by atomic mass is 10.1. The normalized spacial score (nSPS) is 11.0. The summed E-state index contributed by atoms with van der Waals surface area (Å²) in [6.45, 7) is 3.99. The maximum Gasteiger partial charge on any atom is 0.266 e. The molecule has 0 unspecified atom stereocenters. The van der Waals surface area contributed by atoms with E-state index in [0.717, 1.165) is 16.7 Å². The quantitative estimate of drug-likeness (QED) is 0.240. The van der Waals surface area contributed by atoms with Gasteiger partial charge in [-0.25, -0.2) is 0 Å². The highest BCUT2D eigenvalue weighted by Gasteiger charge is 2.16. The van der Waals surface area contributed by atoms with Crippen LogP contribution in [0, 0.1) is 25.2 Å². The number of benzene rings is 3. The van der Waals surface area contributed by atoms with Crippen LogP contribution in [0.3, 0.4) is 0 Å². The molecule has 174 valence electrons. The van der Waals surface area contributed by atoms with Gasteiger partial charge < -0.3 is 14.8 Å². The lowest BCUT2D eigenvalue weighted by Gasteiger charge is -2.15. The van der Waals surface area contributed by atoms with Crippen molar-refractivity contribution in [2.24, 2.45) is 0 Å². The second-order valence-electron chi connectivity index (χ2n) is 7.45. The molecule has 0 saturated heterocycles. The molecule has 0 aliphatic rings. The first-order valence-electron chi connectivity index (χ1n) is 10.2. The van der Waals surface area contributed by atoms with Crippen LogP contribution in [-0.2, 0) is 11.4 Å². The summed E-state index contributed by atoms with van der Waals surface area (Å²) >= 11 is 15.7. The summed E-state index contributed by atoms with van der Waals surface area (Å²) in [5, 5.41) is 13.5. The molecule has 5 nitrogen and oxygen atoms in total. The third-order valence-corrected chi connectivity index (χ3v) is 6.21. The number of hydrogen-bond acceptors (Lipinski definition) is 4. The largest absolute Gasteiger partial charge is 0.493 e. The van der Waals surface area contributed by atoms with Gasteiger partial charge in [0.05, 0.1) is 11.6 Å². The third kappa shape index (κ3) is 6.12.